The van der Waals surface area contributed by atoms with Crippen molar-refractivity contribution in [2.24, 2.45) is 5.41 Å². The van der Waals surface area contributed by atoms with Gasteiger partial charge in [0, 0.05) is 0 Å². The lowest BCUT2D eigenvalue weighted by molar-refractivity contribution is 0.371. The third-order valence-corrected chi connectivity index (χ3v) is 5.44. The Balaban J connectivity index is 1.99. The average Bonchev–Trinajstić information content (AvgIpc) is 2.65. The minimum absolute atomic E-state index is 0.207. The molecule has 2 aromatic rings. The van der Waals surface area contributed by atoms with E-state index in [4.69, 9.17) is 9.47 Å². The number of fused-ring (bicyclic) bond motifs is 1. The smallest absolute Gasteiger partial charge is 0.169 e. The minimum Gasteiger partial charge on any atom is -0.493 e. The van der Waals surface area contributed by atoms with Gasteiger partial charge in [-0.2, -0.15) is 0 Å². The molecular weight excluding hydrogens is 320 g/mol. The van der Waals surface area contributed by atoms with Crippen LogP contribution in [-0.4, -0.2) is 7.11 Å². The van der Waals surface area contributed by atoms with Gasteiger partial charge in [0.1, 0.15) is 5.75 Å². The number of rotatable bonds is 4. The van der Waals surface area contributed by atoms with Gasteiger partial charge in [-0.15, -0.1) is 0 Å². The molecule has 0 radical (unpaired) electrons. The van der Waals surface area contributed by atoms with E-state index in [2.05, 4.69) is 63.8 Å². The molecule has 0 amide bonds. The second-order valence-electron chi connectivity index (χ2n) is 7.44. The number of aryl methyl sites for hydroxylation is 2. The third kappa shape index (κ3) is 3.85. The van der Waals surface area contributed by atoms with Gasteiger partial charge >= 0.3 is 0 Å². The Morgan fingerprint density at radius 1 is 1.12 bits per heavy atom. The highest BCUT2D eigenvalue weighted by molar-refractivity contribution is 5.76. The predicted molar refractivity (Wildman–Crippen MR) is 109 cm³/mol. The maximum atomic E-state index is 6.13. The number of hydrogen-bond donors (Lipinski definition) is 0. The van der Waals surface area contributed by atoms with Crippen molar-refractivity contribution in [3.05, 3.63) is 71.8 Å². The largest absolute Gasteiger partial charge is 0.493 e. The first-order chi connectivity index (χ1) is 12.4. The maximum absolute atomic E-state index is 6.13. The lowest BCUT2D eigenvalue weighted by Crippen LogP contribution is -2.15. The van der Waals surface area contributed by atoms with Crippen LogP contribution in [0, 0.1) is 12.3 Å². The molecule has 2 heteroatoms. The van der Waals surface area contributed by atoms with E-state index in [1.54, 1.807) is 7.11 Å². The zero-order valence-corrected chi connectivity index (χ0v) is 16.3. The van der Waals surface area contributed by atoms with E-state index in [9.17, 15) is 0 Å². The predicted octanol–water partition coefficient (Wildman–Crippen LogP) is 6.73. The molecule has 0 fully saturated rings. The van der Waals surface area contributed by atoms with E-state index in [-0.39, 0.29) is 5.41 Å². The first-order valence-corrected chi connectivity index (χ1v) is 9.28. The summed E-state index contributed by atoms with van der Waals surface area (Å²) in [6.07, 6.45) is 7.69. The average molecular weight is 348 g/mol. The van der Waals surface area contributed by atoms with Crippen molar-refractivity contribution in [1.82, 2.24) is 0 Å². The summed E-state index contributed by atoms with van der Waals surface area (Å²) < 4.78 is 11.7. The molecule has 2 aromatic carbocycles. The number of hydrogen-bond acceptors (Lipinski definition) is 2. The molecular formula is C24H28O2. The fraction of sp³-hybridized carbons (Fsp3) is 0.333. The fourth-order valence-electron chi connectivity index (χ4n) is 3.27. The Morgan fingerprint density at radius 3 is 2.50 bits per heavy atom. The quantitative estimate of drug-likeness (QED) is 0.610. The van der Waals surface area contributed by atoms with Gasteiger partial charge in [0.25, 0.3) is 0 Å². The van der Waals surface area contributed by atoms with Crippen LogP contribution >= 0.6 is 0 Å². The molecule has 0 N–H and O–H groups in total. The number of allylic oxidation sites excluding steroid dienone is 3. The van der Waals surface area contributed by atoms with E-state index in [0.717, 1.165) is 47.6 Å². The molecule has 0 saturated carbocycles. The van der Waals surface area contributed by atoms with Gasteiger partial charge in [-0.25, -0.2) is 0 Å². The molecule has 0 bridgehead atoms. The third-order valence-electron chi connectivity index (χ3n) is 5.44. The van der Waals surface area contributed by atoms with Crippen LogP contribution in [0.3, 0.4) is 0 Å². The van der Waals surface area contributed by atoms with E-state index < -0.39 is 0 Å². The van der Waals surface area contributed by atoms with E-state index in [1.165, 1.54) is 11.1 Å². The van der Waals surface area contributed by atoms with Crippen LogP contribution in [0.4, 0.5) is 0 Å². The van der Waals surface area contributed by atoms with E-state index >= 15 is 0 Å². The Labute approximate surface area is 157 Å². The first-order valence-electron chi connectivity index (χ1n) is 9.28. The Hall–Kier alpha value is -2.48. The molecule has 136 valence electrons. The maximum Gasteiger partial charge on any atom is 0.169 e. The molecule has 2 nitrogen and oxygen atoms in total. The van der Waals surface area contributed by atoms with Crippen molar-refractivity contribution in [1.29, 1.82) is 0 Å². The number of ether oxygens (including phenoxy) is 2. The molecule has 1 unspecified atom stereocenters. The van der Waals surface area contributed by atoms with Crippen molar-refractivity contribution in [3.8, 4) is 17.2 Å². The van der Waals surface area contributed by atoms with Crippen LogP contribution in [0.25, 0.3) is 5.57 Å². The highest BCUT2D eigenvalue weighted by Gasteiger charge is 2.23. The Bertz CT molecular complexity index is 830. The highest BCUT2D eigenvalue weighted by Crippen LogP contribution is 2.40. The minimum atomic E-state index is 0.207. The van der Waals surface area contributed by atoms with Gasteiger partial charge in [-0.1, -0.05) is 50.3 Å². The molecule has 26 heavy (non-hydrogen) atoms. The summed E-state index contributed by atoms with van der Waals surface area (Å²) in [7, 11) is 1.68. The molecule has 0 spiro atoms. The van der Waals surface area contributed by atoms with Gasteiger partial charge in [0.05, 0.1) is 7.11 Å². The summed E-state index contributed by atoms with van der Waals surface area (Å²) in [6, 6.07) is 12.3. The molecule has 0 aliphatic heterocycles. The zero-order chi connectivity index (χ0) is 18.7. The van der Waals surface area contributed by atoms with Crippen molar-refractivity contribution < 1.29 is 9.47 Å². The lowest BCUT2D eigenvalue weighted by atomic mass is 9.78. The van der Waals surface area contributed by atoms with Gasteiger partial charge in [-0.3, -0.25) is 0 Å². The van der Waals surface area contributed by atoms with Crippen LogP contribution in [0.2, 0.25) is 0 Å². The van der Waals surface area contributed by atoms with Gasteiger partial charge < -0.3 is 9.47 Å². The molecule has 1 aliphatic carbocycles. The fourth-order valence-corrected chi connectivity index (χ4v) is 3.27. The molecule has 3 rings (SSSR count). The van der Waals surface area contributed by atoms with Crippen molar-refractivity contribution >= 4 is 5.57 Å². The highest BCUT2D eigenvalue weighted by atomic mass is 16.5. The summed E-state index contributed by atoms with van der Waals surface area (Å²) in [6.45, 7) is 10.9. The summed E-state index contributed by atoms with van der Waals surface area (Å²) >= 11 is 0. The first kappa shape index (κ1) is 18.3. The summed E-state index contributed by atoms with van der Waals surface area (Å²) in [4.78, 5) is 0. The van der Waals surface area contributed by atoms with Gasteiger partial charge in [-0.05, 0) is 72.6 Å². The second kappa shape index (κ2) is 7.41. The van der Waals surface area contributed by atoms with Crippen molar-refractivity contribution in [2.45, 2.75) is 40.0 Å². The summed E-state index contributed by atoms with van der Waals surface area (Å²) in [5.41, 5.74) is 4.86. The van der Waals surface area contributed by atoms with Gasteiger partial charge in [0.2, 0.25) is 0 Å². The molecule has 1 atom stereocenters. The van der Waals surface area contributed by atoms with Gasteiger partial charge in [0.15, 0.2) is 11.5 Å². The standard InChI is InChI=1S/C24H28O2/c1-6-24(4)13-11-18(3)21-16-22(25-5)23(15-19(21)12-14-24)26-20-9-7-17(2)8-10-20/h7-11,13,15-16H,3,6,12,14H2,1-2,4-5H3/b13-11-. The SMILES string of the molecule is C=C1/C=C\C(C)(CC)CCc2cc(Oc3ccc(C)cc3)c(OC)cc21. The van der Waals surface area contributed by atoms with E-state index in [0.29, 0.717) is 0 Å². The zero-order valence-electron chi connectivity index (χ0n) is 16.3. The monoisotopic (exact) mass is 348 g/mol. The number of methoxy groups -OCH3 is 1. The van der Waals surface area contributed by atoms with Crippen LogP contribution in [-0.2, 0) is 6.42 Å². The topological polar surface area (TPSA) is 18.5 Å². The summed E-state index contributed by atoms with van der Waals surface area (Å²) in [5, 5.41) is 0. The Kier molecular flexibility index (Phi) is 5.22. The van der Waals surface area contributed by atoms with Crippen molar-refractivity contribution in [2.75, 3.05) is 7.11 Å². The molecule has 0 saturated heterocycles. The van der Waals surface area contributed by atoms with Crippen LogP contribution < -0.4 is 9.47 Å². The normalized spacial score (nSPS) is 20.7. The van der Waals surface area contributed by atoms with E-state index in [1.807, 2.05) is 12.1 Å². The molecule has 0 heterocycles. The molecule has 0 aromatic heterocycles. The summed E-state index contributed by atoms with van der Waals surface area (Å²) in [5.74, 6) is 2.31. The van der Waals surface area contributed by atoms with Crippen LogP contribution in [0.5, 0.6) is 17.2 Å². The lowest BCUT2D eigenvalue weighted by Gasteiger charge is -2.28. The number of benzene rings is 2. The Morgan fingerprint density at radius 2 is 1.85 bits per heavy atom. The van der Waals surface area contributed by atoms with Crippen LogP contribution in [0.15, 0.2) is 55.1 Å². The second-order valence-corrected chi connectivity index (χ2v) is 7.44. The van der Waals surface area contributed by atoms with Crippen molar-refractivity contribution in [3.63, 3.8) is 0 Å². The van der Waals surface area contributed by atoms with Crippen LogP contribution in [0.1, 0.15) is 43.4 Å². The molecule has 1 aliphatic rings.